The Morgan fingerprint density at radius 3 is 2.53 bits per heavy atom. The number of nitrogens with zero attached hydrogens (tertiary/aromatic N) is 2. The lowest BCUT2D eigenvalue weighted by Gasteiger charge is -2.34. The quantitative estimate of drug-likeness (QED) is 0.191. The van der Waals surface area contributed by atoms with Gasteiger partial charge in [-0.05, 0) is 30.7 Å². The number of furan rings is 1. The first-order valence-corrected chi connectivity index (χ1v) is 11.1. The van der Waals surface area contributed by atoms with Gasteiger partial charge in [0.05, 0.1) is 18.4 Å². The highest BCUT2D eigenvalue weighted by Gasteiger charge is 2.32. The molecule has 1 fully saturated rings. The van der Waals surface area contributed by atoms with Crippen LogP contribution in [-0.2, 0) is 15.9 Å². The molecule has 1 aliphatic heterocycles. The Morgan fingerprint density at radius 2 is 1.84 bits per heavy atom. The van der Waals surface area contributed by atoms with E-state index in [1.807, 2.05) is 18.2 Å². The molecule has 0 aliphatic carbocycles. The third-order valence-electron chi connectivity index (χ3n) is 5.77. The zero-order chi connectivity index (χ0) is 21.8. The monoisotopic (exact) mass is 556 g/mol. The van der Waals surface area contributed by atoms with Crippen LogP contribution in [0.2, 0.25) is 0 Å². The number of halogens is 1. The van der Waals surface area contributed by atoms with Gasteiger partial charge in [0, 0.05) is 72.0 Å². The molecule has 3 rings (SSSR count). The minimum atomic E-state index is -0.235. The molecule has 7 nitrogen and oxygen atoms in total. The lowest BCUT2D eigenvalue weighted by Crippen LogP contribution is -2.44. The molecular formula is C24H37IN4O3. The van der Waals surface area contributed by atoms with Crippen molar-refractivity contribution in [2.75, 3.05) is 58.5 Å². The van der Waals surface area contributed by atoms with Crippen molar-refractivity contribution in [3.05, 3.63) is 54.5 Å². The van der Waals surface area contributed by atoms with Crippen LogP contribution in [0.1, 0.15) is 25.0 Å². The molecule has 1 saturated heterocycles. The SMILES string of the molecule is COC1(CN=C(NCCCN(C)c2ccccc2)NCCc2ccco2)CCOCC1.I. The Hall–Kier alpha value is -1.78. The summed E-state index contributed by atoms with van der Waals surface area (Å²) in [6, 6.07) is 14.4. The van der Waals surface area contributed by atoms with Crippen LogP contribution >= 0.6 is 24.0 Å². The van der Waals surface area contributed by atoms with Crippen LogP contribution in [-0.4, -0.2) is 65.1 Å². The second-order valence-corrected chi connectivity index (χ2v) is 7.96. The van der Waals surface area contributed by atoms with Crippen LogP contribution in [0, 0.1) is 0 Å². The van der Waals surface area contributed by atoms with E-state index in [4.69, 9.17) is 18.9 Å². The predicted octanol–water partition coefficient (Wildman–Crippen LogP) is 3.70. The van der Waals surface area contributed by atoms with Gasteiger partial charge in [-0.3, -0.25) is 4.99 Å². The summed E-state index contributed by atoms with van der Waals surface area (Å²) in [5.74, 6) is 1.78. The average molecular weight is 556 g/mol. The third-order valence-corrected chi connectivity index (χ3v) is 5.77. The van der Waals surface area contributed by atoms with E-state index < -0.39 is 0 Å². The van der Waals surface area contributed by atoms with Gasteiger partial charge in [-0.15, -0.1) is 24.0 Å². The Balaban J connectivity index is 0.00000363. The molecule has 1 aromatic heterocycles. The molecule has 0 atom stereocenters. The summed E-state index contributed by atoms with van der Waals surface area (Å²) in [6.45, 7) is 4.63. The van der Waals surface area contributed by atoms with E-state index in [0.29, 0.717) is 6.54 Å². The van der Waals surface area contributed by atoms with E-state index >= 15 is 0 Å². The molecule has 0 bridgehead atoms. The summed E-state index contributed by atoms with van der Waals surface area (Å²) in [5, 5.41) is 6.92. The standard InChI is InChI=1S/C24H36N4O3.HI/c1-28(21-8-4-3-5-9-21)16-7-14-25-23(26-15-11-22-10-6-17-31-22)27-20-24(29-2)12-18-30-19-13-24;/h3-6,8-10,17H,7,11-16,18-20H2,1-2H3,(H2,25,26,27);1H. The zero-order valence-corrected chi connectivity index (χ0v) is 21.5. The second kappa shape index (κ2) is 14.4. The first kappa shape index (κ1) is 26.5. The molecule has 32 heavy (non-hydrogen) atoms. The molecule has 2 N–H and O–H groups in total. The van der Waals surface area contributed by atoms with Gasteiger partial charge in [0.2, 0.25) is 0 Å². The van der Waals surface area contributed by atoms with Crippen LogP contribution in [0.5, 0.6) is 0 Å². The number of nitrogens with one attached hydrogen (secondary N) is 2. The fraction of sp³-hybridized carbons (Fsp3) is 0.542. The lowest BCUT2D eigenvalue weighted by atomic mass is 9.94. The van der Waals surface area contributed by atoms with Crippen LogP contribution in [0.3, 0.4) is 0 Å². The van der Waals surface area contributed by atoms with E-state index in [1.165, 1.54) is 5.69 Å². The minimum absolute atomic E-state index is 0. The highest BCUT2D eigenvalue weighted by atomic mass is 127. The van der Waals surface area contributed by atoms with Crippen LogP contribution in [0.15, 0.2) is 58.1 Å². The summed E-state index contributed by atoms with van der Waals surface area (Å²) < 4.78 is 16.8. The molecule has 1 aliphatic rings. The molecule has 0 saturated carbocycles. The summed E-state index contributed by atoms with van der Waals surface area (Å²) in [7, 11) is 3.90. The fourth-order valence-corrected chi connectivity index (χ4v) is 3.66. The van der Waals surface area contributed by atoms with Crippen molar-refractivity contribution < 1.29 is 13.9 Å². The zero-order valence-electron chi connectivity index (χ0n) is 19.2. The summed E-state index contributed by atoms with van der Waals surface area (Å²) in [4.78, 5) is 7.12. The van der Waals surface area contributed by atoms with E-state index in [0.717, 1.165) is 70.3 Å². The Labute approximate surface area is 209 Å². The van der Waals surface area contributed by atoms with Gasteiger partial charge >= 0.3 is 0 Å². The number of methoxy groups -OCH3 is 1. The van der Waals surface area contributed by atoms with Crippen molar-refractivity contribution in [3.63, 3.8) is 0 Å². The van der Waals surface area contributed by atoms with Gasteiger partial charge in [-0.2, -0.15) is 0 Å². The maximum absolute atomic E-state index is 5.83. The first-order valence-electron chi connectivity index (χ1n) is 11.1. The molecule has 2 aromatic rings. The minimum Gasteiger partial charge on any atom is -0.469 e. The largest absolute Gasteiger partial charge is 0.469 e. The maximum Gasteiger partial charge on any atom is 0.191 e. The Morgan fingerprint density at radius 1 is 1.09 bits per heavy atom. The van der Waals surface area contributed by atoms with Gasteiger partial charge in [0.1, 0.15) is 5.76 Å². The third kappa shape index (κ3) is 8.63. The highest BCUT2D eigenvalue weighted by Crippen LogP contribution is 2.24. The summed E-state index contributed by atoms with van der Waals surface area (Å²) >= 11 is 0. The van der Waals surface area contributed by atoms with E-state index in [2.05, 4.69) is 46.8 Å². The first-order chi connectivity index (χ1) is 15.2. The molecule has 0 spiro atoms. The predicted molar refractivity (Wildman–Crippen MR) is 140 cm³/mol. The Bertz CT molecular complexity index is 765. The molecular weight excluding hydrogens is 519 g/mol. The average Bonchev–Trinajstić information content (AvgIpc) is 3.34. The molecule has 8 heteroatoms. The number of ether oxygens (including phenoxy) is 2. The van der Waals surface area contributed by atoms with Crippen LogP contribution in [0.25, 0.3) is 0 Å². The van der Waals surface area contributed by atoms with Crippen LogP contribution in [0.4, 0.5) is 5.69 Å². The van der Waals surface area contributed by atoms with Crippen LogP contribution < -0.4 is 15.5 Å². The van der Waals surface area contributed by atoms with E-state index in [-0.39, 0.29) is 29.6 Å². The molecule has 2 heterocycles. The molecule has 0 unspecified atom stereocenters. The number of anilines is 1. The molecule has 0 amide bonds. The van der Waals surface area contributed by atoms with Gasteiger partial charge in [-0.1, -0.05) is 18.2 Å². The fourth-order valence-electron chi connectivity index (χ4n) is 3.66. The topological polar surface area (TPSA) is 71.3 Å². The van der Waals surface area contributed by atoms with Crippen molar-refractivity contribution in [1.82, 2.24) is 10.6 Å². The van der Waals surface area contributed by atoms with Gasteiger partial charge < -0.3 is 29.4 Å². The summed E-state index contributed by atoms with van der Waals surface area (Å²) in [6.07, 6.45) is 5.27. The Kier molecular flexibility index (Phi) is 11.9. The second-order valence-electron chi connectivity index (χ2n) is 7.96. The van der Waals surface area contributed by atoms with Crippen molar-refractivity contribution in [2.24, 2.45) is 4.99 Å². The summed E-state index contributed by atoms with van der Waals surface area (Å²) in [5.41, 5.74) is 0.996. The normalized spacial score (nSPS) is 15.6. The van der Waals surface area contributed by atoms with Crippen molar-refractivity contribution >= 4 is 35.6 Å². The smallest absolute Gasteiger partial charge is 0.191 e. The number of benzene rings is 1. The number of aliphatic imine (C=N–C) groups is 1. The lowest BCUT2D eigenvalue weighted by molar-refractivity contribution is -0.0828. The molecule has 1 aromatic carbocycles. The van der Waals surface area contributed by atoms with Gasteiger partial charge in [0.15, 0.2) is 5.96 Å². The van der Waals surface area contributed by atoms with Crippen molar-refractivity contribution in [2.45, 2.75) is 31.3 Å². The number of para-hydroxylation sites is 1. The highest BCUT2D eigenvalue weighted by molar-refractivity contribution is 14.0. The number of rotatable bonds is 11. The van der Waals surface area contributed by atoms with Crippen molar-refractivity contribution in [3.8, 4) is 0 Å². The number of hydrogen-bond donors (Lipinski definition) is 2. The molecule has 178 valence electrons. The molecule has 0 radical (unpaired) electrons. The van der Waals surface area contributed by atoms with Gasteiger partial charge in [0.25, 0.3) is 0 Å². The van der Waals surface area contributed by atoms with Crippen molar-refractivity contribution in [1.29, 1.82) is 0 Å². The number of guanidine groups is 1. The maximum atomic E-state index is 5.83. The number of hydrogen-bond acceptors (Lipinski definition) is 5. The van der Waals surface area contributed by atoms with E-state index in [9.17, 15) is 0 Å². The van der Waals surface area contributed by atoms with E-state index in [1.54, 1.807) is 13.4 Å². The van der Waals surface area contributed by atoms with Gasteiger partial charge in [-0.25, -0.2) is 0 Å².